The van der Waals surface area contributed by atoms with E-state index in [2.05, 4.69) is 27.4 Å². The summed E-state index contributed by atoms with van der Waals surface area (Å²) < 4.78 is 5.66. The van der Waals surface area contributed by atoms with Gasteiger partial charge in [-0.05, 0) is 23.0 Å². The number of rotatable bonds is 7. The first-order chi connectivity index (χ1) is 13.3. The van der Waals surface area contributed by atoms with Crippen molar-refractivity contribution in [2.75, 3.05) is 13.1 Å². The Bertz CT molecular complexity index is 849. The number of benzene rings is 2. The van der Waals surface area contributed by atoms with E-state index in [1.165, 1.54) is 5.70 Å². The third kappa shape index (κ3) is 4.42. The summed E-state index contributed by atoms with van der Waals surface area (Å²) in [6.45, 7) is 2.06. The highest BCUT2D eigenvalue weighted by molar-refractivity contribution is 8.16. The number of carbonyl (C=O) groups excluding carboxylic acids is 1. The van der Waals surface area contributed by atoms with Crippen molar-refractivity contribution < 1.29 is 9.53 Å². The van der Waals surface area contributed by atoms with Crippen LogP contribution in [0.5, 0.6) is 0 Å². The number of ether oxygens (including phenoxy) is 1. The predicted octanol–water partition coefficient (Wildman–Crippen LogP) is 4.24. The highest BCUT2D eigenvalue weighted by Gasteiger charge is 2.30. The third-order valence-corrected chi connectivity index (χ3v) is 5.74. The molecule has 2 aromatic carbocycles. The van der Waals surface area contributed by atoms with Gasteiger partial charge < -0.3 is 9.64 Å². The van der Waals surface area contributed by atoms with Gasteiger partial charge in [0, 0.05) is 18.7 Å². The van der Waals surface area contributed by atoms with E-state index in [4.69, 9.17) is 4.74 Å². The summed E-state index contributed by atoms with van der Waals surface area (Å²) in [6, 6.07) is 20.0. The van der Waals surface area contributed by atoms with E-state index in [9.17, 15) is 4.79 Å². The highest BCUT2D eigenvalue weighted by Crippen LogP contribution is 2.33. The number of fused-ring (bicyclic) bond motifs is 1. The van der Waals surface area contributed by atoms with Crippen molar-refractivity contribution in [3.8, 4) is 0 Å². The SMILES string of the molecule is O=C(OCc1ccccc1)[C@@H](CC1=CSC2=NCCN12)Cc1ccccc1. The Kier molecular flexibility index (Phi) is 5.58. The molecule has 2 aromatic rings. The molecule has 4 nitrogen and oxygen atoms in total. The first kappa shape index (κ1) is 17.9. The number of aliphatic imine (C=N–C) groups is 1. The van der Waals surface area contributed by atoms with Gasteiger partial charge in [0.05, 0.1) is 12.5 Å². The van der Waals surface area contributed by atoms with E-state index >= 15 is 0 Å². The first-order valence-electron chi connectivity index (χ1n) is 9.22. The molecule has 5 heteroatoms. The number of amidine groups is 1. The topological polar surface area (TPSA) is 41.9 Å². The molecule has 0 saturated heterocycles. The van der Waals surface area contributed by atoms with Gasteiger partial charge in [-0.25, -0.2) is 0 Å². The molecule has 1 atom stereocenters. The molecule has 0 bridgehead atoms. The lowest BCUT2D eigenvalue weighted by Gasteiger charge is -2.21. The van der Waals surface area contributed by atoms with Crippen molar-refractivity contribution in [3.05, 3.63) is 82.9 Å². The molecule has 0 saturated carbocycles. The summed E-state index contributed by atoms with van der Waals surface area (Å²) in [5.74, 6) is -0.346. The molecule has 2 aliphatic rings. The number of esters is 1. The van der Waals surface area contributed by atoms with Crippen LogP contribution in [0, 0.1) is 5.92 Å². The molecular formula is C22H22N2O2S. The smallest absolute Gasteiger partial charge is 0.310 e. The zero-order valence-electron chi connectivity index (χ0n) is 15.1. The molecule has 0 spiro atoms. The van der Waals surface area contributed by atoms with E-state index < -0.39 is 0 Å². The van der Waals surface area contributed by atoms with Gasteiger partial charge in [0.2, 0.25) is 0 Å². The summed E-state index contributed by atoms with van der Waals surface area (Å²) >= 11 is 1.65. The van der Waals surface area contributed by atoms with Crippen LogP contribution in [0.25, 0.3) is 0 Å². The molecule has 27 heavy (non-hydrogen) atoms. The Labute approximate surface area is 163 Å². The van der Waals surface area contributed by atoms with Crippen LogP contribution in [0.15, 0.2) is 76.8 Å². The quantitative estimate of drug-likeness (QED) is 0.676. The van der Waals surface area contributed by atoms with Crippen LogP contribution in [-0.2, 0) is 22.6 Å². The number of carbonyl (C=O) groups is 1. The van der Waals surface area contributed by atoms with Crippen LogP contribution in [0.1, 0.15) is 17.5 Å². The largest absolute Gasteiger partial charge is 0.461 e. The number of hydrogen-bond donors (Lipinski definition) is 0. The maximum atomic E-state index is 12.9. The van der Waals surface area contributed by atoms with Crippen LogP contribution in [-0.4, -0.2) is 29.1 Å². The van der Waals surface area contributed by atoms with Crippen LogP contribution in [0.2, 0.25) is 0 Å². The van der Waals surface area contributed by atoms with Crippen molar-refractivity contribution >= 4 is 22.9 Å². The summed E-state index contributed by atoms with van der Waals surface area (Å²) in [6.07, 6.45) is 1.35. The van der Waals surface area contributed by atoms with Crippen molar-refractivity contribution in [2.24, 2.45) is 10.9 Å². The molecule has 0 amide bonds. The van der Waals surface area contributed by atoms with Crippen LogP contribution in [0.4, 0.5) is 0 Å². The molecule has 2 aliphatic heterocycles. The summed E-state index contributed by atoms with van der Waals surface area (Å²) in [4.78, 5) is 19.6. The zero-order valence-corrected chi connectivity index (χ0v) is 15.9. The van der Waals surface area contributed by atoms with Crippen molar-refractivity contribution in [3.63, 3.8) is 0 Å². The zero-order chi connectivity index (χ0) is 18.5. The maximum absolute atomic E-state index is 12.9. The second kappa shape index (κ2) is 8.44. The third-order valence-electron chi connectivity index (χ3n) is 4.79. The van der Waals surface area contributed by atoms with Crippen molar-refractivity contribution in [2.45, 2.75) is 19.4 Å². The fourth-order valence-electron chi connectivity index (χ4n) is 3.37. The average molecular weight is 378 g/mol. The molecule has 0 fully saturated rings. The second-order valence-electron chi connectivity index (χ2n) is 6.73. The summed E-state index contributed by atoms with van der Waals surface area (Å²) in [5.41, 5.74) is 3.34. The second-order valence-corrected chi connectivity index (χ2v) is 7.56. The molecule has 138 valence electrons. The molecule has 2 heterocycles. The molecule has 0 aliphatic carbocycles. The lowest BCUT2D eigenvalue weighted by atomic mass is 9.94. The normalized spacial score (nSPS) is 16.5. The Morgan fingerprint density at radius 1 is 1.04 bits per heavy atom. The summed E-state index contributed by atoms with van der Waals surface area (Å²) in [5, 5.41) is 3.18. The molecular weight excluding hydrogens is 356 g/mol. The lowest BCUT2D eigenvalue weighted by Crippen LogP contribution is -2.26. The number of hydrogen-bond acceptors (Lipinski definition) is 5. The van der Waals surface area contributed by atoms with Gasteiger partial charge >= 0.3 is 5.97 Å². The fraction of sp³-hybridized carbons (Fsp3) is 0.273. The minimum absolute atomic E-state index is 0.141. The minimum atomic E-state index is -0.206. The Hall–Kier alpha value is -2.53. The van der Waals surface area contributed by atoms with Crippen LogP contribution >= 0.6 is 11.8 Å². The number of thioether (sulfide) groups is 1. The Morgan fingerprint density at radius 3 is 2.48 bits per heavy atom. The molecule has 4 rings (SSSR count). The van der Waals surface area contributed by atoms with Gasteiger partial charge in [0.1, 0.15) is 6.61 Å². The molecule has 0 N–H and O–H groups in total. The van der Waals surface area contributed by atoms with Gasteiger partial charge in [-0.15, -0.1) is 0 Å². The van der Waals surface area contributed by atoms with E-state index in [1.54, 1.807) is 11.8 Å². The summed E-state index contributed by atoms with van der Waals surface area (Å²) in [7, 11) is 0. The highest BCUT2D eigenvalue weighted by atomic mass is 32.2. The standard InChI is InChI=1S/C22H22N2O2S/c25-21(26-15-18-9-5-2-6-10-18)19(13-17-7-3-1-4-8-17)14-20-16-27-22-23-11-12-24(20)22/h1-10,16,19H,11-15H2/t19-/m1/s1. The van der Waals surface area contributed by atoms with E-state index in [1.807, 2.05) is 48.5 Å². The maximum Gasteiger partial charge on any atom is 0.310 e. The van der Waals surface area contributed by atoms with Gasteiger partial charge in [-0.3, -0.25) is 9.79 Å². The fourth-order valence-corrected chi connectivity index (χ4v) is 4.34. The van der Waals surface area contributed by atoms with Crippen LogP contribution in [0.3, 0.4) is 0 Å². The minimum Gasteiger partial charge on any atom is -0.461 e. The molecule has 0 aromatic heterocycles. The monoisotopic (exact) mass is 378 g/mol. The van der Waals surface area contributed by atoms with Gasteiger partial charge in [-0.1, -0.05) is 72.4 Å². The predicted molar refractivity (Wildman–Crippen MR) is 109 cm³/mol. The number of allylic oxidation sites excluding steroid dienone is 1. The van der Waals surface area contributed by atoms with Gasteiger partial charge in [-0.2, -0.15) is 0 Å². The Morgan fingerprint density at radius 2 is 1.74 bits per heavy atom. The average Bonchev–Trinajstić information content (AvgIpc) is 3.32. The van der Waals surface area contributed by atoms with Crippen molar-refractivity contribution in [1.29, 1.82) is 0 Å². The molecule has 0 unspecified atom stereocenters. The molecule has 0 radical (unpaired) electrons. The first-order valence-corrected chi connectivity index (χ1v) is 10.1. The van der Waals surface area contributed by atoms with Gasteiger partial charge in [0.15, 0.2) is 5.17 Å². The van der Waals surface area contributed by atoms with E-state index in [-0.39, 0.29) is 11.9 Å². The van der Waals surface area contributed by atoms with E-state index in [0.29, 0.717) is 19.4 Å². The van der Waals surface area contributed by atoms with Gasteiger partial charge in [0.25, 0.3) is 0 Å². The lowest BCUT2D eigenvalue weighted by molar-refractivity contribution is -0.150. The number of nitrogens with zero attached hydrogens (tertiary/aromatic N) is 2. The Balaban J connectivity index is 1.45. The van der Waals surface area contributed by atoms with Crippen LogP contribution < -0.4 is 0 Å². The van der Waals surface area contributed by atoms with Crippen molar-refractivity contribution in [1.82, 2.24) is 4.90 Å². The van der Waals surface area contributed by atoms with E-state index in [0.717, 1.165) is 29.4 Å².